The molecule has 0 aromatic carbocycles. The molecular formula is C14H25N3OS. The molecule has 2 unspecified atom stereocenters. The molecule has 1 rings (SSSR count). The molecule has 5 heteroatoms. The first kappa shape index (κ1) is 16.1. The summed E-state index contributed by atoms with van der Waals surface area (Å²) in [5.74, 6) is 0.0401. The number of nitrogens with zero attached hydrogens (tertiary/aromatic N) is 1. The fraction of sp³-hybridized carbons (Fsp3) is 0.643. The van der Waals surface area contributed by atoms with Crippen molar-refractivity contribution in [2.24, 2.45) is 5.73 Å². The predicted octanol–water partition coefficient (Wildman–Crippen LogP) is 1.98. The van der Waals surface area contributed by atoms with E-state index in [1.54, 1.807) is 18.4 Å². The van der Waals surface area contributed by atoms with E-state index in [2.05, 4.69) is 35.5 Å². The molecule has 1 heterocycles. The summed E-state index contributed by atoms with van der Waals surface area (Å²) in [6.07, 6.45) is 1.91. The Morgan fingerprint density at radius 1 is 1.53 bits per heavy atom. The van der Waals surface area contributed by atoms with Gasteiger partial charge in [-0.05, 0) is 30.8 Å². The van der Waals surface area contributed by atoms with Crippen molar-refractivity contribution in [3.8, 4) is 0 Å². The van der Waals surface area contributed by atoms with E-state index in [-0.39, 0.29) is 18.0 Å². The van der Waals surface area contributed by atoms with Crippen LogP contribution in [0.15, 0.2) is 17.5 Å². The molecule has 0 aliphatic carbocycles. The van der Waals surface area contributed by atoms with Crippen LogP contribution in [-0.2, 0) is 4.79 Å². The summed E-state index contributed by atoms with van der Waals surface area (Å²) < 4.78 is 0. The summed E-state index contributed by atoms with van der Waals surface area (Å²) in [5.41, 5.74) is 6.29. The lowest BCUT2D eigenvalue weighted by Gasteiger charge is -2.34. The number of carbonyl (C=O) groups is 1. The van der Waals surface area contributed by atoms with Gasteiger partial charge < -0.3 is 11.1 Å². The molecule has 0 bridgehead atoms. The molecule has 0 aliphatic rings. The summed E-state index contributed by atoms with van der Waals surface area (Å²) in [6, 6.07) is 4.33. The van der Waals surface area contributed by atoms with Crippen LogP contribution in [0, 0.1) is 0 Å². The Hall–Kier alpha value is -0.910. The second kappa shape index (κ2) is 8.30. The van der Waals surface area contributed by atoms with Crippen molar-refractivity contribution in [2.45, 2.75) is 38.8 Å². The second-order valence-electron chi connectivity index (χ2n) is 4.68. The SMILES string of the molecule is CCCN(CC(=O)NC)C(c1cccs1)C(N)CC. The number of nitrogens with two attached hydrogens (primary N) is 1. The van der Waals surface area contributed by atoms with Crippen LogP contribution < -0.4 is 11.1 Å². The highest BCUT2D eigenvalue weighted by Crippen LogP contribution is 2.28. The smallest absolute Gasteiger partial charge is 0.233 e. The van der Waals surface area contributed by atoms with Crippen molar-refractivity contribution in [1.82, 2.24) is 10.2 Å². The molecule has 0 fully saturated rings. The normalized spacial score (nSPS) is 14.4. The Labute approximate surface area is 120 Å². The molecule has 0 radical (unpaired) electrons. The van der Waals surface area contributed by atoms with E-state index in [0.717, 1.165) is 19.4 Å². The Balaban J connectivity index is 2.93. The van der Waals surface area contributed by atoms with Crippen molar-refractivity contribution in [1.29, 1.82) is 0 Å². The quantitative estimate of drug-likeness (QED) is 0.767. The average molecular weight is 283 g/mol. The molecule has 4 nitrogen and oxygen atoms in total. The first-order chi connectivity index (χ1) is 9.13. The third kappa shape index (κ3) is 4.60. The van der Waals surface area contributed by atoms with Gasteiger partial charge in [0.1, 0.15) is 0 Å². The molecule has 0 aliphatic heterocycles. The van der Waals surface area contributed by atoms with Gasteiger partial charge in [-0.25, -0.2) is 0 Å². The minimum Gasteiger partial charge on any atom is -0.358 e. The van der Waals surface area contributed by atoms with Crippen LogP contribution in [0.25, 0.3) is 0 Å². The van der Waals surface area contributed by atoms with Gasteiger partial charge in [0, 0.05) is 18.0 Å². The lowest BCUT2D eigenvalue weighted by Crippen LogP contribution is -2.45. The molecule has 19 heavy (non-hydrogen) atoms. The van der Waals surface area contributed by atoms with Crippen LogP contribution in [0.4, 0.5) is 0 Å². The topological polar surface area (TPSA) is 58.4 Å². The van der Waals surface area contributed by atoms with E-state index in [1.165, 1.54) is 4.88 Å². The molecule has 0 saturated heterocycles. The number of carbonyl (C=O) groups excluding carboxylic acids is 1. The highest BCUT2D eigenvalue weighted by molar-refractivity contribution is 7.10. The van der Waals surface area contributed by atoms with E-state index < -0.39 is 0 Å². The predicted molar refractivity (Wildman–Crippen MR) is 81.3 cm³/mol. The number of nitrogens with one attached hydrogen (secondary N) is 1. The van der Waals surface area contributed by atoms with Crippen molar-refractivity contribution in [3.63, 3.8) is 0 Å². The minimum atomic E-state index is 0.0401. The molecule has 108 valence electrons. The number of rotatable bonds is 8. The van der Waals surface area contributed by atoms with Gasteiger partial charge in [-0.3, -0.25) is 9.69 Å². The highest BCUT2D eigenvalue weighted by atomic mass is 32.1. The van der Waals surface area contributed by atoms with Crippen molar-refractivity contribution < 1.29 is 4.79 Å². The fourth-order valence-corrected chi connectivity index (χ4v) is 3.15. The lowest BCUT2D eigenvalue weighted by atomic mass is 10.0. The largest absolute Gasteiger partial charge is 0.358 e. The second-order valence-corrected chi connectivity index (χ2v) is 5.66. The summed E-state index contributed by atoms with van der Waals surface area (Å²) >= 11 is 1.71. The van der Waals surface area contributed by atoms with Crippen LogP contribution in [0.3, 0.4) is 0 Å². The van der Waals surface area contributed by atoms with Gasteiger partial charge in [0.05, 0.1) is 12.6 Å². The number of hydrogen-bond acceptors (Lipinski definition) is 4. The Bertz CT molecular complexity index is 367. The van der Waals surface area contributed by atoms with E-state index >= 15 is 0 Å². The summed E-state index contributed by atoms with van der Waals surface area (Å²) in [7, 11) is 1.67. The third-order valence-electron chi connectivity index (χ3n) is 3.24. The monoisotopic (exact) mass is 283 g/mol. The van der Waals surface area contributed by atoms with Gasteiger partial charge >= 0.3 is 0 Å². The van der Waals surface area contributed by atoms with Crippen LogP contribution in [0.5, 0.6) is 0 Å². The zero-order valence-corrected chi connectivity index (χ0v) is 12.9. The van der Waals surface area contributed by atoms with E-state index in [0.29, 0.717) is 6.54 Å². The molecule has 2 atom stereocenters. The molecule has 3 N–H and O–H groups in total. The molecule has 1 amide bonds. The highest BCUT2D eigenvalue weighted by Gasteiger charge is 2.27. The maximum absolute atomic E-state index is 11.7. The number of amides is 1. The average Bonchev–Trinajstić information content (AvgIpc) is 2.92. The first-order valence-corrected chi connectivity index (χ1v) is 7.75. The van der Waals surface area contributed by atoms with Crippen LogP contribution in [0.2, 0.25) is 0 Å². The molecule has 1 aromatic heterocycles. The molecular weight excluding hydrogens is 258 g/mol. The number of thiophene rings is 1. The van der Waals surface area contributed by atoms with Gasteiger partial charge in [0.2, 0.25) is 5.91 Å². The first-order valence-electron chi connectivity index (χ1n) is 6.87. The Morgan fingerprint density at radius 2 is 2.26 bits per heavy atom. The maximum Gasteiger partial charge on any atom is 0.233 e. The Kier molecular flexibility index (Phi) is 7.05. The summed E-state index contributed by atoms with van der Waals surface area (Å²) in [5, 5.41) is 4.76. The number of likely N-dealkylation sites (N-methyl/N-ethyl adjacent to an activating group) is 1. The maximum atomic E-state index is 11.7. The van der Waals surface area contributed by atoms with Crippen LogP contribution >= 0.6 is 11.3 Å². The van der Waals surface area contributed by atoms with Gasteiger partial charge in [0.15, 0.2) is 0 Å². The van der Waals surface area contributed by atoms with Crippen LogP contribution in [0.1, 0.15) is 37.6 Å². The lowest BCUT2D eigenvalue weighted by molar-refractivity contribution is -0.122. The van der Waals surface area contributed by atoms with Crippen molar-refractivity contribution in [3.05, 3.63) is 22.4 Å². The number of hydrogen-bond donors (Lipinski definition) is 2. The third-order valence-corrected chi connectivity index (χ3v) is 4.18. The zero-order chi connectivity index (χ0) is 14.3. The van der Waals surface area contributed by atoms with Gasteiger partial charge in [0.25, 0.3) is 0 Å². The summed E-state index contributed by atoms with van der Waals surface area (Å²) in [4.78, 5) is 15.1. The minimum absolute atomic E-state index is 0.0401. The van der Waals surface area contributed by atoms with E-state index in [1.807, 2.05) is 6.07 Å². The van der Waals surface area contributed by atoms with Crippen molar-refractivity contribution in [2.75, 3.05) is 20.1 Å². The fourth-order valence-electron chi connectivity index (χ4n) is 2.21. The standard InChI is InChI=1S/C14H25N3OS/c1-4-8-17(10-13(18)16-3)14(11(15)5-2)12-7-6-9-19-12/h6-7,9,11,14H,4-5,8,10,15H2,1-3H3,(H,16,18). The Morgan fingerprint density at radius 3 is 2.74 bits per heavy atom. The molecule has 1 aromatic rings. The zero-order valence-electron chi connectivity index (χ0n) is 12.1. The van der Waals surface area contributed by atoms with Crippen molar-refractivity contribution >= 4 is 17.2 Å². The molecule has 0 spiro atoms. The van der Waals surface area contributed by atoms with E-state index in [4.69, 9.17) is 5.73 Å². The van der Waals surface area contributed by atoms with Gasteiger partial charge in [-0.1, -0.05) is 19.9 Å². The van der Waals surface area contributed by atoms with Gasteiger partial charge in [-0.2, -0.15) is 0 Å². The van der Waals surface area contributed by atoms with Gasteiger partial charge in [-0.15, -0.1) is 11.3 Å². The van der Waals surface area contributed by atoms with E-state index in [9.17, 15) is 4.79 Å². The van der Waals surface area contributed by atoms with Crippen LogP contribution in [-0.4, -0.2) is 37.0 Å². The summed E-state index contributed by atoms with van der Waals surface area (Å²) in [6.45, 7) is 5.50. The molecule has 0 saturated carbocycles.